The smallest absolute Gasteiger partial charge is 0.187 e. The maximum absolute atomic E-state index is 11.7. The van der Waals surface area contributed by atoms with Gasteiger partial charge >= 0.3 is 0 Å². The molecule has 0 aliphatic carbocycles. The summed E-state index contributed by atoms with van der Waals surface area (Å²) in [6.45, 7) is 0.584. The number of ether oxygens (including phenoxy) is 8. The summed E-state index contributed by atoms with van der Waals surface area (Å²) in [6.07, 6.45) is -11.0. The molecule has 11 nitrogen and oxygen atoms in total. The molecule has 2 fully saturated rings. The number of hydrogen-bond donors (Lipinski definition) is 3. The second kappa shape index (κ2) is 21.6. The van der Waals surface area contributed by atoms with Crippen LogP contribution in [0.5, 0.6) is 0 Å². The third-order valence-corrected chi connectivity index (χ3v) is 10.2. The summed E-state index contributed by atoms with van der Waals surface area (Å²) in [5, 5.41) is 33.1. The summed E-state index contributed by atoms with van der Waals surface area (Å²) < 4.78 is 52.1. The summed E-state index contributed by atoms with van der Waals surface area (Å²) >= 11 is 0. The van der Waals surface area contributed by atoms with Crippen molar-refractivity contribution in [1.82, 2.24) is 0 Å². The molecule has 306 valence electrons. The fourth-order valence-corrected chi connectivity index (χ4v) is 7.17. The minimum absolute atomic E-state index is 0.0932. The van der Waals surface area contributed by atoms with Crippen LogP contribution >= 0.6 is 0 Å². The van der Waals surface area contributed by atoms with Crippen molar-refractivity contribution in [2.75, 3.05) is 13.2 Å². The normalized spacial score (nSPS) is 27.3. The van der Waals surface area contributed by atoms with E-state index >= 15 is 0 Å². The molecule has 0 amide bonds. The van der Waals surface area contributed by atoms with Crippen LogP contribution in [0.1, 0.15) is 27.8 Å². The van der Waals surface area contributed by atoms with Crippen LogP contribution in [-0.4, -0.2) is 89.9 Å². The zero-order valence-electron chi connectivity index (χ0n) is 32.3. The van der Waals surface area contributed by atoms with E-state index in [1.54, 1.807) is 0 Å². The highest BCUT2D eigenvalue weighted by Gasteiger charge is 2.53. The van der Waals surface area contributed by atoms with Crippen molar-refractivity contribution in [3.8, 4) is 0 Å². The Morgan fingerprint density at radius 1 is 0.414 bits per heavy atom. The van der Waals surface area contributed by atoms with Crippen LogP contribution in [0.4, 0.5) is 0 Å². The first-order valence-electron chi connectivity index (χ1n) is 19.7. The van der Waals surface area contributed by atoms with E-state index in [2.05, 4.69) is 0 Å². The number of aliphatic hydroxyl groups excluding tert-OH is 3. The van der Waals surface area contributed by atoms with Gasteiger partial charge in [0.2, 0.25) is 0 Å². The fraction of sp³-hybridized carbons (Fsp3) is 0.362. The van der Waals surface area contributed by atoms with Crippen LogP contribution in [0.15, 0.2) is 152 Å². The highest BCUT2D eigenvalue weighted by Crippen LogP contribution is 2.35. The lowest BCUT2D eigenvalue weighted by Crippen LogP contribution is -2.66. The highest BCUT2D eigenvalue weighted by molar-refractivity contribution is 5.17. The van der Waals surface area contributed by atoms with Gasteiger partial charge in [0.15, 0.2) is 12.6 Å². The Hall–Kier alpha value is -4.34. The van der Waals surface area contributed by atoms with E-state index in [9.17, 15) is 15.3 Å². The molecule has 3 N–H and O–H groups in total. The fourth-order valence-electron chi connectivity index (χ4n) is 7.17. The molecule has 0 saturated carbocycles. The maximum Gasteiger partial charge on any atom is 0.187 e. The molecule has 2 aliphatic heterocycles. The lowest BCUT2D eigenvalue weighted by Gasteiger charge is -2.49. The molecular weight excluding hydrogens is 741 g/mol. The van der Waals surface area contributed by atoms with E-state index in [0.717, 1.165) is 27.8 Å². The molecule has 11 heteroatoms. The summed E-state index contributed by atoms with van der Waals surface area (Å²) in [6, 6.07) is 48.7. The van der Waals surface area contributed by atoms with Gasteiger partial charge in [0.1, 0.15) is 48.8 Å². The van der Waals surface area contributed by atoms with Gasteiger partial charge in [-0.25, -0.2) is 0 Å². The lowest BCUT2D eigenvalue weighted by molar-refractivity contribution is -0.371. The first-order valence-corrected chi connectivity index (χ1v) is 19.7. The molecule has 0 radical (unpaired) electrons. The predicted molar refractivity (Wildman–Crippen MR) is 214 cm³/mol. The van der Waals surface area contributed by atoms with Crippen molar-refractivity contribution >= 4 is 0 Å². The third kappa shape index (κ3) is 11.4. The molecular formula is C47H52O11. The number of hydrogen-bond acceptors (Lipinski definition) is 11. The van der Waals surface area contributed by atoms with Gasteiger partial charge in [0.25, 0.3) is 0 Å². The van der Waals surface area contributed by atoms with Crippen molar-refractivity contribution in [2.45, 2.75) is 94.4 Å². The Morgan fingerprint density at radius 3 is 1.26 bits per heavy atom. The zero-order chi connectivity index (χ0) is 39.9. The number of benzene rings is 5. The average molecular weight is 793 g/mol. The molecule has 7 rings (SSSR count). The monoisotopic (exact) mass is 792 g/mol. The minimum atomic E-state index is -1.54. The summed E-state index contributed by atoms with van der Waals surface area (Å²) in [5.41, 5.74) is 4.63. The molecule has 58 heavy (non-hydrogen) atoms. The van der Waals surface area contributed by atoms with Crippen LogP contribution in [0, 0.1) is 0 Å². The van der Waals surface area contributed by atoms with E-state index in [0.29, 0.717) is 6.61 Å². The molecule has 0 aromatic heterocycles. The van der Waals surface area contributed by atoms with Crippen molar-refractivity contribution in [2.24, 2.45) is 0 Å². The SMILES string of the molecule is OC[C@H]1O[C@H](O)[C@H](OCc2ccccc2)[C@@H](O[C@@H]2O[C@H](COCc3ccccc3)[C@@H](OCc3ccccc3)[C@H](OCc3ccccc3)[C@H]2OCc2ccccc2)[C@@H]1O. The second-order valence-electron chi connectivity index (χ2n) is 14.4. The predicted octanol–water partition coefficient (Wildman–Crippen LogP) is 5.73. The quantitative estimate of drug-likeness (QED) is 0.0948. The molecule has 0 unspecified atom stereocenters. The first-order chi connectivity index (χ1) is 28.6. The molecule has 0 bridgehead atoms. The number of aliphatic hydroxyl groups is 3. The lowest BCUT2D eigenvalue weighted by atomic mass is 9.96. The minimum Gasteiger partial charge on any atom is -0.394 e. The van der Waals surface area contributed by atoms with Crippen LogP contribution in [0.3, 0.4) is 0 Å². The summed E-state index contributed by atoms with van der Waals surface area (Å²) in [5.74, 6) is 0. The van der Waals surface area contributed by atoms with Crippen LogP contribution in [-0.2, 0) is 70.9 Å². The van der Waals surface area contributed by atoms with Gasteiger partial charge < -0.3 is 53.2 Å². The second-order valence-corrected chi connectivity index (χ2v) is 14.4. The van der Waals surface area contributed by atoms with Gasteiger partial charge in [-0.1, -0.05) is 152 Å². The first kappa shape index (κ1) is 41.8. The van der Waals surface area contributed by atoms with Gasteiger partial charge in [-0.2, -0.15) is 0 Å². The molecule has 0 spiro atoms. The Labute approximate surface area is 339 Å². The summed E-state index contributed by atoms with van der Waals surface area (Å²) in [7, 11) is 0. The average Bonchev–Trinajstić information content (AvgIpc) is 3.27. The highest BCUT2D eigenvalue weighted by atomic mass is 16.7. The maximum atomic E-state index is 11.7. The van der Waals surface area contributed by atoms with Crippen molar-refractivity contribution in [3.63, 3.8) is 0 Å². The standard InChI is InChI=1S/C47H52O11/c48-26-38-40(49)42(44(46(50)56-38)54-30-36-22-12-4-13-23-36)58-47-45(55-31-37-24-14-5-15-25-37)43(53-29-35-20-10-3-11-21-35)41(52-28-34-18-8-2-9-19-34)39(57-47)32-51-27-33-16-6-1-7-17-33/h1-25,38-50H,26-32H2/t38-,39-,40-,41-,42+,43+,44-,45-,46+,47+/m1/s1. The zero-order valence-corrected chi connectivity index (χ0v) is 32.3. The number of rotatable bonds is 19. The Balaban J connectivity index is 1.23. The van der Waals surface area contributed by atoms with E-state index in [-0.39, 0.29) is 33.0 Å². The molecule has 5 aromatic carbocycles. The van der Waals surface area contributed by atoms with Crippen LogP contribution < -0.4 is 0 Å². The largest absolute Gasteiger partial charge is 0.394 e. The van der Waals surface area contributed by atoms with E-state index in [1.807, 2.05) is 152 Å². The topological polar surface area (TPSA) is 135 Å². The Kier molecular flexibility index (Phi) is 15.6. The van der Waals surface area contributed by atoms with Gasteiger partial charge in [-0.3, -0.25) is 0 Å². The van der Waals surface area contributed by atoms with Gasteiger partial charge in [0, 0.05) is 0 Å². The van der Waals surface area contributed by atoms with E-state index in [1.165, 1.54) is 0 Å². The van der Waals surface area contributed by atoms with Crippen LogP contribution in [0.25, 0.3) is 0 Å². The molecule has 2 heterocycles. The van der Waals surface area contributed by atoms with Gasteiger partial charge in [-0.05, 0) is 27.8 Å². The Morgan fingerprint density at radius 2 is 0.810 bits per heavy atom. The molecule has 10 atom stereocenters. The van der Waals surface area contributed by atoms with E-state index < -0.39 is 68.0 Å². The van der Waals surface area contributed by atoms with Crippen LogP contribution in [0.2, 0.25) is 0 Å². The Bertz CT molecular complexity index is 1870. The molecule has 2 saturated heterocycles. The molecule has 5 aromatic rings. The third-order valence-electron chi connectivity index (χ3n) is 10.2. The van der Waals surface area contributed by atoms with Crippen molar-refractivity contribution < 1.29 is 53.2 Å². The van der Waals surface area contributed by atoms with Crippen molar-refractivity contribution in [1.29, 1.82) is 0 Å². The van der Waals surface area contributed by atoms with Gasteiger partial charge in [0.05, 0.1) is 46.2 Å². The molecule has 2 aliphatic rings. The van der Waals surface area contributed by atoms with Crippen molar-refractivity contribution in [3.05, 3.63) is 179 Å². The van der Waals surface area contributed by atoms with Gasteiger partial charge in [-0.15, -0.1) is 0 Å². The summed E-state index contributed by atoms with van der Waals surface area (Å²) in [4.78, 5) is 0. The van der Waals surface area contributed by atoms with E-state index in [4.69, 9.17) is 37.9 Å².